The number of halogens is 1. The molecule has 1 aliphatic heterocycles. The molecule has 1 aromatic carbocycles. The van der Waals surface area contributed by atoms with Crippen molar-refractivity contribution in [2.75, 3.05) is 19.6 Å². The van der Waals surface area contributed by atoms with Gasteiger partial charge in [-0.05, 0) is 68.1 Å². The van der Waals surface area contributed by atoms with Crippen LogP contribution in [0.4, 0.5) is 4.39 Å². The van der Waals surface area contributed by atoms with Crippen molar-refractivity contribution in [3.8, 4) is 0 Å². The number of thiophene rings is 1. The molecule has 2 aromatic rings. The normalized spacial score (nSPS) is 17.2. The summed E-state index contributed by atoms with van der Waals surface area (Å²) < 4.78 is 41.1. The number of rotatable bonds is 6. The van der Waals surface area contributed by atoms with Crippen molar-refractivity contribution in [1.29, 1.82) is 0 Å². The molecule has 1 unspecified atom stereocenters. The third-order valence-electron chi connectivity index (χ3n) is 4.36. The first kappa shape index (κ1) is 17.5. The molecule has 1 aliphatic rings. The summed E-state index contributed by atoms with van der Waals surface area (Å²) in [5.41, 5.74) is 0.326. The predicted octanol–water partition coefficient (Wildman–Crippen LogP) is 3.31. The second kappa shape index (κ2) is 7.31. The van der Waals surface area contributed by atoms with Crippen molar-refractivity contribution < 1.29 is 12.8 Å². The van der Waals surface area contributed by atoms with Crippen molar-refractivity contribution in [2.45, 2.75) is 30.7 Å². The molecule has 7 heteroatoms. The Morgan fingerprint density at radius 1 is 1.29 bits per heavy atom. The number of hydrogen-bond acceptors (Lipinski definition) is 4. The number of benzene rings is 1. The third kappa shape index (κ3) is 3.85. The number of aryl methyl sites for hydroxylation is 1. The summed E-state index contributed by atoms with van der Waals surface area (Å²) in [5, 5.41) is 2.01. The lowest BCUT2D eigenvalue weighted by molar-refractivity contribution is 0.250. The van der Waals surface area contributed by atoms with Crippen LogP contribution < -0.4 is 4.72 Å². The van der Waals surface area contributed by atoms with Gasteiger partial charge in [-0.25, -0.2) is 17.5 Å². The molecule has 1 aromatic heterocycles. The summed E-state index contributed by atoms with van der Waals surface area (Å²) in [7, 11) is -3.65. The minimum atomic E-state index is -3.65. The van der Waals surface area contributed by atoms with Crippen molar-refractivity contribution in [3.63, 3.8) is 0 Å². The Morgan fingerprint density at radius 2 is 2.04 bits per heavy atom. The highest BCUT2D eigenvalue weighted by Gasteiger charge is 2.26. The molecule has 0 radical (unpaired) electrons. The first-order valence-corrected chi connectivity index (χ1v) is 10.4. The van der Waals surface area contributed by atoms with Gasteiger partial charge in [0.05, 0.1) is 10.9 Å². The van der Waals surface area contributed by atoms with Gasteiger partial charge < -0.3 is 0 Å². The highest BCUT2D eigenvalue weighted by Crippen LogP contribution is 2.28. The molecule has 3 rings (SSSR count). The topological polar surface area (TPSA) is 49.4 Å². The predicted molar refractivity (Wildman–Crippen MR) is 94.2 cm³/mol. The summed E-state index contributed by atoms with van der Waals surface area (Å²) in [6.45, 7) is 3.85. The van der Waals surface area contributed by atoms with E-state index in [4.69, 9.17) is 0 Å². The zero-order valence-corrected chi connectivity index (χ0v) is 15.2. The Bertz CT molecular complexity index is 785. The van der Waals surface area contributed by atoms with E-state index in [1.165, 1.54) is 18.2 Å². The van der Waals surface area contributed by atoms with Crippen LogP contribution in [0.15, 0.2) is 40.6 Å². The fourth-order valence-corrected chi connectivity index (χ4v) is 4.98. The average Bonchev–Trinajstić information content (AvgIpc) is 3.24. The van der Waals surface area contributed by atoms with E-state index in [9.17, 15) is 12.8 Å². The standard InChI is InChI=1S/C17H21FN2O2S2/c1-13-11-14(6-7-15(13)18)24(21,22)19-12-16(17-5-4-10-23-17)20-8-2-3-9-20/h4-7,10-11,16,19H,2-3,8-9,12H2,1H3. The molecule has 1 N–H and O–H groups in total. The third-order valence-corrected chi connectivity index (χ3v) is 6.75. The molecule has 0 bridgehead atoms. The van der Waals surface area contributed by atoms with Crippen molar-refractivity contribution in [2.24, 2.45) is 0 Å². The summed E-state index contributed by atoms with van der Waals surface area (Å²) in [4.78, 5) is 3.59. The molecule has 4 nitrogen and oxygen atoms in total. The first-order valence-electron chi connectivity index (χ1n) is 8.00. The second-order valence-electron chi connectivity index (χ2n) is 6.04. The van der Waals surface area contributed by atoms with Gasteiger partial charge in [0.15, 0.2) is 0 Å². The van der Waals surface area contributed by atoms with Crippen LogP contribution in [0.25, 0.3) is 0 Å². The van der Waals surface area contributed by atoms with Gasteiger partial charge in [0.1, 0.15) is 5.82 Å². The summed E-state index contributed by atoms with van der Waals surface area (Å²) in [6.07, 6.45) is 2.29. The highest BCUT2D eigenvalue weighted by atomic mass is 32.2. The molecule has 0 saturated carbocycles. The molecule has 1 atom stereocenters. The lowest BCUT2D eigenvalue weighted by Crippen LogP contribution is -2.36. The Kier molecular flexibility index (Phi) is 5.34. The van der Waals surface area contributed by atoms with E-state index in [2.05, 4.69) is 9.62 Å². The summed E-state index contributed by atoms with van der Waals surface area (Å²) in [5.74, 6) is -0.400. The molecule has 0 spiro atoms. The zero-order valence-electron chi connectivity index (χ0n) is 13.5. The van der Waals surface area contributed by atoms with Crippen LogP contribution in [0.1, 0.15) is 29.3 Å². The van der Waals surface area contributed by atoms with E-state index in [1.807, 2.05) is 17.5 Å². The van der Waals surface area contributed by atoms with E-state index < -0.39 is 15.8 Å². The molecule has 1 fully saturated rings. The van der Waals surface area contributed by atoms with Crippen LogP contribution in [-0.2, 0) is 10.0 Å². The Balaban J connectivity index is 1.76. The van der Waals surface area contributed by atoms with Crippen molar-refractivity contribution in [1.82, 2.24) is 9.62 Å². The quantitative estimate of drug-likeness (QED) is 0.851. The van der Waals surface area contributed by atoms with Crippen molar-refractivity contribution >= 4 is 21.4 Å². The van der Waals surface area contributed by atoms with E-state index in [0.29, 0.717) is 12.1 Å². The maximum atomic E-state index is 13.4. The van der Waals surface area contributed by atoms with Crippen molar-refractivity contribution in [3.05, 3.63) is 52.0 Å². The van der Waals surface area contributed by atoms with Crippen LogP contribution >= 0.6 is 11.3 Å². The Morgan fingerprint density at radius 3 is 2.67 bits per heavy atom. The second-order valence-corrected chi connectivity index (χ2v) is 8.78. The summed E-state index contributed by atoms with van der Waals surface area (Å²) in [6, 6.07) is 7.95. The van der Waals surface area contributed by atoms with Gasteiger partial charge >= 0.3 is 0 Å². The number of sulfonamides is 1. The maximum absolute atomic E-state index is 13.4. The molecular weight excluding hydrogens is 347 g/mol. The average molecular weight is 368 g/mol. The highest BCUT2D eigenvalue weighted by molar-refractivity contribution is 7.89. The molecular formula is C17H21FN2O2S2. The first-order chi connectivity index (χ1) is 11.5. The van der Waals surface area contributed by atoms with Gasteiger partial charge in [-0.1, -0.05) is 6.07 Å². The van der Waals surface area contributed by atoms with Gasteiger partial charge in [0.2, 0.25) is 10.0 Å². The Labute approximate surface area is 146 Å². The molecule has 0 amide bonds. The number of hydrogen-bond donors (Lipinski definition) is 1. The number of likely N-dealkylation sites (tertiary alicyclic amines) is 1. The van der Waals surface area contributed by atoms with E-state index in [1.54, 1.807) is 18.3 Å². The van der Waals surface area contributed by atoms with Crippen LogP contribution in [0.3, 0.4) is 0 Å². The fraction of sp³-hybridized carbons (Fsp3) is 0.412. The van der Waals surface area contributed by atoms with E-state index in [0.717, 1.165) is 30.8 Å². The molecule has 1 saturated heterocycles. The molecule has 0 aliphatic carbocycles. The summed E-state index contributed by atoms with van der Waals surface area (Å²) >= 11 is 1.64. The van der Waals surface area contributed by atoms with Gasteiger partial charge in [-0.3, -0.25) is 4.90 Å². The molecule has 130 valence electrons. The largest absolute Gasteiger partial charge is 0.294 e. The van der Waals surface area contributed by atoms with E-state index >= 15 is 0 Å². The SMILES string of the molecule is Cc1cc(S(=O)(=O)NCC(c2cccs2)N2CCCC2)ccc1F. The maximum Gasteiger partial charge on any atom is 0.240 e. The number of nitrogens with zero attached hydrogens (tertiary/aromatic N) is 1. The van der Waals surface area contributed by atoms with Crippen LogP contribution in [-0.4, -0.2) is 33.0 Å². The monoisotopic (exact) mass is 368 g/mol. The Hall–Kier alpha value is -1.28. The smallest absolute Gasteiger partial charge is 0.240 e. The zero-order chi connectivity index (χ0) is 17.2. The number of nitrogens with one attached hydrogen (secondary N) is 1. The van der Waals surface area contributed by atoms with Gasteiger partial charge in [-0.15, -0.1) is 11.3 Å². The molecule has 24 heavy (non-hydrogen) atoms. The van der Waals surface area contributed by atoms with Crippen LogP contribution in [0.5, 0.6) is 0 Å². The van der Waals surface area contributed by atoms with Gasteiger partial charge in [-0.2, -0.15) is 0 Å². The lowest BCUT2D eigenvalue weighted by Gasteiger charge is -2.26. The van der Waals surface area contributed by atoms with E-state index in [-0.39, 0.29) is 10.9 Å². The van der Waals surface area contributed by atoms with Gasteiger partial charge in [0.25, 0.3) is 0 Å². The minimum Gasteiger partial charge on any atom is -0.294 e. The molecule has 2 heterocycles. The minimum absolute atomic E-state index is 0.0452. The fourth-order valence-electron chi connectivity index (χ4n) is 3.00. The lowest BCUT2D eigenvalue weighted by atomic mass is 10.2. The van der Waals surface area contributed by atoms with Crippen LogP contribution in [0.2, 0.25) is 0 Å². The van der Waals surface area contributed by atoms with Crippen LogP contribution in [0, 0.1) is 12.7 Å². The van der Waals surface area contributed by atoms with Gasteiger partial charge in [0, 0.05) is 11.4 Å².